The highest BCUT2D eigenvalue weighted by Gasteiger charge is 2.11. The lowest BCUT2D eigenvalue weighted by Crippen LogP contribution is -2.30. The summed E-state index contributed by atoms with van der Waals surface area (Å²) in [6.45, 7) is 2.13. The molecule has 0 heterocycles. The molecule has 0 aliphatic carbocycles. The van der Waals surface area contributed by atoms with E-state index in [0.717, 1.165) is 23.9 Å². The molecule has 19 heavy (non-hydrogen) atoms. The Morgan fingerprint density at radius 1 is 1.42 bits per heavy atom. The lowest BCUT2D eigenvalue weighted by atomic mass is 10.3. The van der Waals surface area contributed by atoms with Crippen molar-refractivity contribution in [3.63, 3.8) is 0 Å². The Morgan fingerprint density at radius 3 is 2.68 bits per heavy atom. The average molecular weight is 289 g/mol. The summed E-state index contributed by atoms with van der Waals surface area (Å²) in [6.07, 6.45) is 0.0621. The van der Waals surface area contributed by atoms with Crippen molar-refractivity contribution in [1.29, 1.82) is 0 Å². The first-order chi connectivity index (χ1) is 8.90. The van der Waals surface area contributed by atoms with E-state index >= 15 is 0 Å². The topological polar surface area (TPSA) is 40.5 Å². The number of carbonyl (C=O) groups excluding carboxylic acids is 1. The monoisotopic (exact) mass is 289 g/mol. The van der Waals surface area contributed by atoms with Gasteiger partial charge in [-0.25, -0.2) is 8.78 Å². The van der Waals surface area contributed by atoms with Crippen molar-refractivity contribution in [2.45, 2.75) is 24.3 Å². The van der Waals surface area contributed by atoms with Crippen LogP contribution in [0, 0.1) is 11.6 Å². The van der Waals surface area contributed by atoms with Crippen LogP contribution in [-0.2, 0) is 4.79 Å². The number of nitrogens with zero attached hydrogens (tertiary/aromatic N) is 1. The van der Waals surface area contributed by atoms with Gasteiger partial charge in [0, 0.05) is 18.5 Å². The first-order valence-corrected chi connectivity index (χ1v) is 6.88. The van der Waals surface area contributed by atoms with Gasteiger partial charge < -0.3 is 10.0 Å². The van der Waals surface area contributed by atoms with Gasteiger partial charge in [-0.15, -0.1) is 11.8 Å². The van der Waals surface area contributed by atoms with Crippen LogP contribution < -0.4 is 0 Å². The van der Waals surface area contributed by atoms with Gasteiger partial charge in [-0.1, -0.05) is 0 Å². The molecular weight excluding hydrogens is 272 g/mol. The number of aliphatic hydroxyl groups is 1. The number of amides is 1. The molecule has 0 aliphatic rings. The summed E-state index contributed by atoms with van der Waals surface area (Å²) < 4.78 is 25.7. The molecular formula is C13H17F2NO2S. The molecule has 0 bridgehead atoms. The van der Waals surface area contributed by atoms with Gasteiger partial charge >= 0.3 is 0 Å². The number of rotatable bonds is 6. The fraction of sp³-hybridized carbons (Fsp3) is 0.462. The van der Waals surface area contributed by atoms with E-state index in [4.69, 9.17) is 5.11 Å². The summed E-state index contributed by atoms with van der Waals surface area (Å²) in [5.74, 6) is -1.78. The number of halogens is 2. The van der Waals surface area contributed by atoms with E-state index in [1.54, 1.807) is 14.0 Å². The molecule has 1 rings (SSSR count). The molecule has 0 spiro atoms. The van der Waals surface area contributed by atoms with Gasteiger partial charge in [0.1, 0.15) is 0 Å². The summed E-state index contributed by atoms with van der Waals surface area (Å²) in [6, 6.07) is 3.55. The minimum atomic E-state index is -0.917. The third-order valence-corrected chi connectivity index (χ3v) is 3.54. The van der Waals surface area contributed by atoms with E-state index in [2.05, 4.69) is 0 Å². The number of aliphatic hydroxyl groups excluding tert-OH is 1. The molecule has 0 saturated carbocycles. The SMILES string of the molecule is CC(O)CCN(C)C(=O)CSc1ccc(F)c(F)c1. The third-order valence-electron chi connectivity index (χ3n) is 2.56. The molecule has 3 nitrogen and oxygen atoms in total. The summed E-state index contributed by atoms with van der Waals surface area (Å²) in [4.78, 5) is 13.8. The van der Waals surface area contributed by atoms with Crippen LogP contribution in [0.4, 0.5) is 8.78 Å². The van der Waals surface area contributed by atoms with E-state index < -0.39 is 17.7 Å². The number of hydrogen-bond donors (Lipinski definition) is 1. The zero-order valence-electron chi connectivity index (χ0n) is 10.9. The molecule has 1 amide bonds. The smallest absolute Gasteiger partial charge is 0.232 e. The van der Waals surface area contributed by atoms with Gasteiger partial charge in [-0.3, -0.25) is 4.79 Å². The van der Waals surface area contributed by atoms with Gasteiger partial charge in [-0.2, -0.15) is 0 Å². The summed E-state index contributed by atoms with van der Waals surface area (Å²) >= 11 is 1.15. The van der Waals surface area contributed by atoms with Crippen molar-refractivity contribution in [3.8, 4) is 0 Å². The molecule has 0 aromatic heterocycles. The predicted molar refractivity (Wildman–Crippen MR) is 71.0 cm³/mol. The Morgan fingerprint density at radius 2 is 2.11 bits per heavy atom. The molecule has 0 aliphatic heterocycles. The Balaban J connectivity index is 2.42. The second-order valence-electron chi connectivity index (χ2n) is 4.32. The van der Waals surface area contributed by atoms with Crippen LogP contribution in [0.25, 0.3) is 0 Å². The van der Waals surface area contributed by atoms with Crippen molar-refractivity contribution in [1.82, 2.24) is 4.90 Å². The molecule has 106 valence electrons. The largest absolute Gasteiger partial charge is 0.393 e. The number of benzene rings is 1. The number of thioether (sulfide) groups is 1. The van der Waals surface area contributed by atoms with E-state index in [0.29, 0.717) is 17.9 Å². The Labute approximate surface area is 115 Å². The minimum Gasteiger partial charge on any atom is -0.393 e. The van der Waals surface area contributed by atoms with Crippen LogP contribution in [0.3, 0.4) is 0 Å². The highest BCUT2D eigenvalue weighted by atomic mass is 32.2. The molecule has 6 heteroatoms. The van der Waals surface area contributed by atoms with Crippen LogP contribution in [0.1, 0.15) is 13.3 Å². The summed E-state index contributed by atoms with van der Waals surface area (Å²) in [5, 5.41) is 9.13. The van der Waals surface area contributed by atoms with Crippen molar-refractivity contribution in [3.05, 3.63) is 29.8 Å². The number of carbonyl (C=O) groups is 1. The fourth-order valence-corrected chi connectivity index (χ4v) is 2.19. The van der Waals surface area contributed by atoms with Gasteiger partial charge in [0.15, 0.2) is 11.6 Å². The Bertz CT molecular complexity index is 441. The molecule has 1 atom stereocenters. The normalized spacial score (nSPS) is 12.3. The minimum absolute atomic E-state index is 0.115. The molecule has 0 saturated heterocycles. The molecule has 0 fully saturated rings. The molecule has 0 radical (unpaired) electrons. The summed E-state index contributed by atoms with van der Waals surface area (Å²) in [5.41, 5.74) is 0. The first kappa shape index (κ1) is 15.9. The standard InChI is InChI=1S/C13H17F2NO2S/c1-9(17)5-6-16(2)13(18)8-19-10-3-4-11(14)12(15)7-10/h3-4,7,9,17H,5-6,8H2,1-2H3. The van der Waals surface area contributed by atoms with Crippen molar-refractivity contribution in [2.75, 3.05) is 19.3 Å². The summed E-state index contributed by atoms with van der Waals surface area (Å²) in [7, 11) is 1.65. The number of hydrogen-bond acceptors (Lipinski definition) is 3. The van der Waals surface area contributed by atoms with E-state index in [1.165, 1.54) is 11.0 Å². The van der Waals surface area contributed by atoms with Crippen molar-refractivity contribution < 1.29 is 18.7 Å². The first-order valence-electron chi connectivity index (χ1n) is 5.90. The highest BCUT2D eigenvalue weighted by molar-refractivity contribution is 8.00. The van der Waals surface area contributed by atoms with Crippen LogP contribution in [0.2, 0.25) is 0 Å². The Hall–Kier alpha value is -1.14. The van der Waals surface area contributed by atoms with Crippen molar-refractivity contribution in [2.24, 2.45) is 0 Å². The lowest BCUT2D eigenvalue weighted by Gasteiger charge is -2.17. The van der Waals surface area contributed by atoms with Gasteiger partial charge in [0.25, 0.3) is 0 Å². The third kappa shape index (κ3) is 5.57. The van der Waals surface area contributed by atoms with Crippen LogP contribution in [-0.4, -0.2) is 41.4 Å². The van der Waals surface area contributed by atoms with Gasteiger partial charge in [0.05, 0.1) is 11.9 Å². The maximum Gasteiger partial charge on any atom is 0.232 e. The second kappa shape index (κ2) is 7.45. The maximum absolute atomic E-state index is 13.0. The van der Waals surface area contributed by atoms with Gasteiger partial charge in [0.2, 0.25) is 5.91 Å². The quantitative estimate of drug-likeness (QED) is 0.817. The van der Waals surface area contributed by atoms with Crippen LogP contribution >= 0.6 is 11.8 Å². The average Bonchev–Trinajstić information content (AvgIpc) is 2.36. The lowest BCUT2D eigenvalue weighted by molar-refractivity contribution is -0.127. The van der Waals surface area contributed by atoms with Crippen LogP contribution in [0.15, 0.2) is 23.1 Å². The molecule has 1 unspecified atom stereocenters. The zero-order chi connectivity index (χ0) is 14.4. The van der Waals surface area contributed by atoms with Gasteiger partial charge in [-0.05, 0) is 31.5 Å². The fourth-order valence-electron chi connectivity index (χ4n) is 1.33. The molecule has 1 aromatic carbocycles. The Kier molecular flexibility index (Phi) is 6.24. The zero-order valence-corrected chi connectivity index (χ0v) is 11.7. The van der Waals surface area contributed by atoms with E-state index in [9.17, 15) is 13.6 Å². The molecule has 1 N–H and O–H groups in total. The van der Waals surface area contributed by atoms with E-state index in [-0.39, 0.29) is 11.7 Å². The highest BCUT2D eigenvalue weighted by Crippen LogP contribution is 2.20. The van der Waals surface area contributed by atoms with Crippen molar-refractivity contribution >= 4 is 17.7 Å². The van der Waals surface area contributed by atoms with Crippen LogP contribution in [0.5, 0.6) is 0 Å². The molecule has 1 aromatic rings. The second-order valence-corrected chi connectivity index (χ2v) is 5.37. The van der Waals surface area contributed by atoms with E-state index in [1.807, 2.05) is 0 Å². The predicted octanol–water partition coefficient (Wildman–Crippen LogP) is 2.29. The maximum atomic E-state index is 13.0.